The molecule has 0 radical (unpaired) electrons. The second-order valence-corrected chi connectivity index (χ2v) is 5.17. The van der Waals surface area contributed by atoms with Gasteiger partial charge in [0.15, 0.2) is 0 Å². The number of ether oxygens (including phenoxy) is 1. The van der Waals surface area contributed by atoms with Crippen molar-refractivity contribution >= 4 is 11.5 Å². The van der Waals surface area contributed by atoms with Crippen LogP contribution in [0.1, 0.15) is 29.6 Å². The molecule has 1 aliphatic rings. The number of halogens is 3. The lowest BCUT2D eigenvalue weighted by Gasteiger charge is -2.18. The Morgan fingerprint density at radius 1 is 1.36 bits per heavy atom. The molecule has 2 rings (SSSR count). The van der Waals surface area contributed by atoms with Gasteiger partial charge in [0.25, 0.3) is 0 Å². The molecule has 1 fully saturated rings. The fourth-order valence-electron chi connectivity index (χ4n) is 2.38. The van der Waals surface area contributed by atoms with Crippen LogP contribution in [-0.4, -0.2) is 23.6 Å². The number of hydrogen-bond donors (Lipinski definition) is 1. The van der Waals surface area contributed by atoms with Crippen LogP contribution in [0.3, 0.4) is 0 Å². The second kappa shape index (κ2) is 7.21. The van der Waals surface area contributed by atoms with Crippen molar-refractivity contribution in [3.63, 3.8) is 0 Å². The number of nitro benzene ring substituents is 1. The van der Waals surface area contributed by atoms with Gasteiger partial charge in [-0.2, -0.15) is 5.26 Å². The zero-order valence-corrected chi connectivity index (χ0v) is 12.7. The summed E-state index contributed by atoms with van der Waals surface area (Å²) in [6.45, 7) is 0.590. The first-order valence-corrected chi connectivity index (χ1v) is 7.19. The van der Waals surface area contributed by atoms with Gasteiger partial charge in [-0.05, 0) is 31.4 Å². The van der Waals surface area contributed by atoms with Crippen LogP contribution in [0.4, 0.5) is 18.9 Å². The average Bonchev–Trinajstić information content (AvgIpc) is 2.55. The van der Waals surface area contributed by atoms with Crippen molar-refractivity contribution in [2.45, 2.75) is 25.6 Å². The number of nitrogens with zero attached hydrogens (tertiary/aromatic N) is 2. The number of alkyl halides is 3. The van der Waals surface area contributed by atoms with Gasteiger partial charge in [-0.1, -0.05) is 0 Å². The summed E-state index contributed by atoms with van der Waals surface area (Å²) in [5.41, 5.74) is -1.06. The quantitative estimate of drug-likeness (QED) is 0.292. The van der Waals surface area contributed by atoms with Gasteiger partial charge in [0, 0.05) is 23.9 Å². The number of carbonyl (C=O) groups is 1. The van der Waals surface area contributed by atoms with E-state index in [0.29, 0.717) is 30.8 Å². The zero-order valence-electron chi connectivity index (χ0n) is 12.7. The van der Waals surface area contributed by atoms with Crippen molar-refractivity contribution in [3.05, 3.63) is 45.1 Å². The molecule has 1 N–H and O–H groups in total. The summed E-state index contributed by atoms with van der Waals surface area (Å²) < 4.78 is 40.5. The number of allylic oxidation sites excluding steroid dienone is 2. The Morgan fingerprint density at radius 2 is 2.08 bits per heavy atom. The fraction of sp³-hybridized carbons (Fsp3) is 0.333. The highest BCUT2D eigenvalue weighted by Crippen LogP contribution is 2.33. The van der Waals surface area contributed by atoms with E-state index in [1.807, 2.05) is 0 Å². The van der Waals surface area contributed by atoms with Crippen LogP contribution in [0.5, 0.6) is 5.75 Å². The summed E-state index contributed by atoms with van der Waals surface area (Å²) in [4.78, 5) is 22.3. The number of ketones is 1. The molecule has 0 atom stereocenters. The first-order chi connectivity index (χ1) is 11.7. The Kier molecular flexibility index (Phi) is 5.26. The van der Waals surface area contributed by atoms with Crippen molar-refractivity contribution < 1.29 is 27.6 Å². The molecule has 0 aliphatic carbocycles. The average molecular weight is 355 g/mol. The third kappa shape index (κ3) is 4.47. The number of rotatable bonds is 4. The molecular weight excluding hydrogens is 343 g/mol. The number of benzene rings is 1. The molecular formula is C15H12F3N3O4. The number of nitrogens with one attached hydrogen (secondary N) is 1. The normalized spacial score (nSPS) is 16.4. The Balaban J connectivity index is 2.42. The van der Waals surface area contributed by atoms with Crippen LogP contribution in [-0.2, 0) is 0 Å². The van der Waals surface area contributed by atoms with Crippen LogP contribution in [0.2, 0.25) is 0 Å². The van der Waals surface area contributed by atoms with Gasteiger partial charge in [-0.3, -0.25) is 14.9 Å². The largest absolute Gasteiger partial charge is 0.573 e. The lowest BCUT2D eigenvalue weighted by atomic mass is 9.98. The number of carbonyl (C=O) groups excluding carboxylic acids is 1. The molecule has 10 heteroatoms. The molecule has 0 bridgehead atoms. The predicted octanol–water partition coefficient (Wildman–Crippen LogP) is 3.23. The summed E-state index contributed by atoms with van der Waals surface area (Å²) in [7, 11) is 0. The smallest absolute Gasteiger partial charge is 0.398 e. The van der Waals surface area contributed by atoms with E-state index < -0.39 is 28.5 Å². The predicted molar refractivity (Wildman–Crippen MR) is 78.6 cm³/mol. The molecule has 0 spiro atoms. The van der Waals surface area contributed by atoms with E-state index in [-0.39, 0.29) is 11.1 Å². The third-order valence-corrected chi connectivity index (χ3v) is 3.48. The van der Waals surface area contributed by atoms with Gasteiger partial charge in [0.2, 0.25) is 11.5 Å². The van der Waals surface area contributed by atoms with Crippen LogP contribution in [0, 0.1) is 21.4 Å². The minimum absolute atomic E-state index is 0.210. The van der Waals surface area contributed by atoms with E-state index >= 15 is 0 Å². The molecule has 25 heavy (non-hydrogen) atoms. The lowest BCUT2D eigenvalue weighted by molar-refractivity contribution is -0.388. The molecule has 132 valence electrons. The van der Waals surface area contributed by atoms with E-state index in [1.165, 1.54) is 0 Å². The van der Waals surface area contributed by atoms with Crippen molar-refractivity contribution in [2.75, 3.05) is 6.54 Å². The van der Waals surface area contributed by atoms with E-state index in [4.69, 9.17) is 0 Å². The fourth-order valence-corrected chi connectivity index (χ4v) is 2.38. The molecule has 0 saturated carbocycles. The highest BCUT2D eigenvalue weighted by Gasteiger charge is 2.35. The van der Waals surface area contributed by atoms with Gasteiger partial charge < -0.3 is 10.1 Å². The van der Waals surface area contributed by atoms with E-state index in [0.717, 1.165) is 18.9 Å². The topological polar surface area (TPSA) is 105 Å². The minimum Gasteiger partial charge on any atom is -0.398 e. The van der Waals surface area contributed by atoms with Crippen LogP contribution < -0.4 is 10.1 Å². The van der Waals surface area contributed by atoms with Crippen molar-refractivity contribution in [3.8, 4) is 11.8 Å². The van der Waals surface area contributed by atoms with Crippen molar-refractivity contribution in [2.24, 2.45) is 0 Å². The van der Waals surface area contributed by atoms with E-state index in [1.54, 1.807) is 6.07 Å². The number of nitro groups is 1. The second-order valence-electron chi connectivity index (χ2n) is 5.17. The molecule has 1 aliphatic heterocycles. The third-order valence-electron chi connectivity index (χ3n) is 3.48. The first kappa shape index (κ1) is 18.3. The summed E-state index contributed by atoms with van der Waals surface area (Å²) in [5.74, 6) is -1.83. The van der Waals surface area contributed by atoms with Gasteiger partial charge in [0.05, 0.1) is 4.92 Å². The summed E-state index contributed by atoms with van der Waals surface area (Å²) in [6.07, 6.45) is -2.97. The summed E-state index contributed by atoms with van der Waals surface area (Å²) in [5, 5.41) is 23.1. The molecule has 1 aromatic carbocycles. The monoisotopic (exact) mass is 355 g/mol. The molecule has 0 amide bonds. The number of piperidine rings is 1. The standard InChI is InChI=1S/C15H12F3N3O4/c16-15(17,18)25-13-5-4-9(7-12(13)21(23)24)14(22)10(8-19)11-3-1-2-6-20-11/h4-5,7,20H,1-3,6H2/b11-10-. The highest BCUT2D eigenvalue weighted by atomic mass is 19.4. The summed E-state index contributed by atoms with van der Waals surface area (Å²) >= 11 is 0. The maximum Gasteiger partial charge on any atom is 0.573 e. The van der Waals surface area contributed by atoms with Gasteiger partial charge in [-0.15, -0.1) is 13.2 Å². The Morgan fingerprint density at radius 3 is 2.60 bits per heavy atom. The lowest BCUT2D eigenvalue weighted by Crippen LogP contribution is -2.23. The van der Waals surface area contributed by atoms with Gasteiger partial charge >= 0.3 is 12.0 Å². The van der Waals surface area contributed by atoms with Gasteiger partial charge in [-0.25, -0.2) is 0 Å². The van der Waals surface area contributed by atoms with E-state index in [9.17, 15) is 33.3 Å². The number of Topliss-reactive ketones (excluding diaryl/α,β-unsaturated/α-hetero) is 1. The van der Waals surface area contributed by atoms with Crippen molar-refractivity contribution in [1.29, 1.82) is 5.26 Å². The summed E-state index contributed by atoms with van der Waals surface area (Å²) in [6, 6.07) is 4.07. The van der Waals surface area contributed by atoms with Crippen LogP contribution in [0.25, 0.3) is 0 Å². The van der Waals surface area contributed by atoms with E-state index in [2.05, 4.69) is 10.1 Å². The minimum atomic E-state index is -5.11. The Bertz CT molecular complexity index is 773. The molecule has 1 aromatic rings. The maximum atomic E-state index is 12.4. The van der Waals surface area contributed by atoms with Crippen LogP contribution >= 0.6 is 0 Å². The number of hydrogen-bond acceptors (Lipinski definition) is 6. The first-order valence-electron chi connectivity index (χ1n) is 7.19. The molecule has 7 nitrogen and oxygen atoms in total. The highest BCUT2D eigenvalue weighted by molar-refractivity contribution is 6.12. The van der Waals surface area contributed by atoms with Crippen molar-refractivity contribution in [1.82, 2.24) is 5.32 Å². The molecule has 1 heterocycles. The SMILES string of the molecule is N#C/C(C(=O)c1ccc(OC(F)(F)F)c([N+](=O)[O-])c1)=C1\CCCCN1. The Hall–Kier alpha value is -3.09. The Labute approximate surface area is 139 Å². The maximum absolute atomic E-state index is 12.4. The number of nitriles is 1. The zero-order chi connectivity index (χ0) is 18.6. The molecule has 0 unspecified atom stereocenters. The molecule has 0 aromatic heterocycles. The molecule has 1 saturated heterocycles. The van der Waals surface area contributed by atoms with Crippen LogP contribution in [0.15, 0.2) is 29.5 Å². The van der Waals surface area contributed by atoms with Gasteiger partial charge in [0.1, 0.15) is 11.6 Å².